The molecule has 0 saturated heterocycles. The summed E-state index contributed by atoms with van der Waals surface area (Å²) < 4.78 is 28.6. The number of aromatic nitrogens is 4. The van der Waals surface area contributed by atoms with Crippen LogP contribution in [0.4, 0.5) is 4.39 Å². The Hall–Kier alpha value is -3.32. The highest BCUT2D eigenvalue weighted by Gasteiger charge is 2.41. The van der Waals surface area contributed by atoms with Crippen LogP contribution in [-0.4, -0.2) is 46.6 Å². The van der Waals surface area contributed by atoms with E-state index in [1.54, 1.807) is 25.4 Å². The summed E-state index contributed by atoms with van der Waals surface area (Å²) >= 11 is 0. The average Bonchev–Trinajstić information content (AvgIpc) is 3.32. The zero-order valence-electron chi connectivity index (χ0n) is 25.5. The second kappa shape index (κ2) is 12.3. The van der Waals surface area contributed by atoms with Crippen LogP contribution in [0.2, 0.25) is 16.6 Å². The normalized spacial score (nSPS) is 13.0. The lowest BCUT2D eigenvalue weighted by Gasteiger charge is -2.38. The number of aliphatic hydroxyl groups excluding tert-OH is 1. The summed E-state index contributed by atoms with van der Waals surface area (Å²) in [5, 5.41) is 13.2. The molecular formula is C32H41FN4O3Si. The molecule has 0 fully saturated rings. The number of fused-ring (bicyclic) bond motifs is 2. The molecular weight excluding hydrogens is 535 g/mol. The molecule has 7 nitrogen and oxygen atoms in total. The largest absolute Gasteiger partial charge is 0.468 e. The van der Waals surface area contributed by atoms with Gasteiger partial charge in [0.1, 0.15) is 43.4 Å². The van der Waals surface area contributed by atoms with E-state index in [9.17, 15) is 5.11 Å². The van der Waals surface area contributed by atoms with Crippen LogP contribution in [0.5, 0.6) is 5.75 Å². The van der Waals surface area contributed by atoms with Crippen LogP contribution in [0.15, 0.2) is 36.8 Å². The number of hydrogen-bond acceptors (Lipinski definition) is 6. The van der Waals surface area contributed by atoms with Gasteiger partial charge < -0.3 is 19.1 Å². The van der Waals surface area contributed by atoms with E-state index in [-0.39, 0.29) is 18.4 Å². The molecule has 2 aromatic heterocycles. The fourth-order valence-corrected chi connectivity index (χ4v) is 11.5. The van der Waals surface area contributed by atoms with Gasteiger partial charge >= 0.3 is 0 Å². The minimum absolute atomic E-state index is 0.0281. The summed E-state index contributed by atoms with van der Waals surface area (Å²) in [5.41, 5.74) is 6.75. The van der Waals surface area contributed by atoms with E-state index in [1.165, 1.54) is 12.4 Å². The first-order chi connectivity index (χ1) is 19.4. The fraction of sp³-hybridized carbons (Fsp3) is 0.469. The van der Waals surface area contributed by atoms with Crippen molar-refractivity contribution in [3.05, 3.63) is 59.6 Å². The molecule has 0 radical (unpaired) electrons. The maximum atomic E-state index is 15.8. The van der Waals surface area contributed by atoms with Crippen LogP contribution < -0.4 is 4.74 Å². The van der Waals surface area contributed by atoms with Crippen LogP contribution in [0.1, 0.15) is 84.5 Å². The summed E-state index contributed by atoms with van der Waals surface area (Å²) in [4.78, 5) is 13.2. The number of nitrogens with zero attached hydrogens (tertiary/aromatic N) is 4. The van der Waals surface area contributed by atoms with Gasteiger partial charge in [-0.25, -0.2) is 19.3 Å². The lowest BCUT2D eigenvalue weighted by Crippen LogP contribution is -2.43. The SMILES string of the molecule is COCOc1cc(C(O)c2nc3ncncc3n2C(C)C)c2c(C#C[Si](C(C)C)(C(C)C)C(C)C)c(F)ccc2c1. The Kier molecular flexibility index (Phi) is 9.17. The predicted molar refractivity (Wildman–Crippen MR) is 164 cm³/mol. The van der Waals surface area contributed by atoms with E-state index in [2.05, 4.69) is 68.0 Å². The number of aliphatic hydroxyl groups is 1. The molecule has 9 heteroatoms. The fourth-order valence-electron chi connectivity index (χ4n) is 6.33. The summed E-state index contributed by atoms with van der Waals surface area (Å²) in [6.45, 7) is 17.4. The lowest BCUT2D eigenvalue weighted by molar-refractivity contribution is 0.0510. The van der Waals surface area contributed by atoms with Crippen molar-refractivity contribution in [3.8, 4) is 17.2 Å². The standard InChI is InChI=1S/C32H41FN4O3Si/c1-19(2)37-28-16-34-17-35-31(28)36-32(37)30(38)26-15-24(40-18-39-9)14-23-10-11-27(33)25(29(23)26)12-13-41(20(3)4,21(5)6)22(7)8/h10-11,14-17,19-22,30,38H,18H2,1-9H3. The van der Waals surface area contributed by atoms with Gasteiger partial charge in [0.2, 0.25) is 0 Å². The molecule has 4 rings (SSSR count). The van der Waals surface area contributed by atoms with Gasteiger partial charge in [0, 0.05) is 24.1 Å². The van der Waals surface area contributed by atoms with Gasteiger partial charge in [0.25, 0.3) is 0 Å². The summed E-state index contributed by atoms with van der Waals surface area (Å²) in [6.07, 6.45) is 1.90. The number of benzene rings is 2. The van der Waals surface area contributed by atoms with E-state index in [4.69, 9.17) is 9.47 Å². The Morgan fingerprint density at radius 2 is 1.71 bits per heavy atom. The van der Waals surface area contributed by atoms with Crippen molar-refractivity contribution < 1.29 is 19.0 Å². The smallest absolute Gasteiger partial charge is 0.188 e. The topological polar surface area (TPSA) is 82.3 Å². The third-order valence-corrected chi connectivity index (χ3v) is 14.4. The predicted octanol–water partition coefficient (Wildman–Crippen LogP) is 7.33. The van der Waals surface area contributed by atoms with Crippen molar-refractivity contribution in [2.45, 2.75) is 84.2 Å². The van der Waals surface area contributed by atoms with E-state index in [1.807, 2.05) is 24.5 Å². The van der Waals surface area contributed by atoms with E-state index >= 15 is 4.39 Å². The van der Waals surface area contributed by atoms with E-state index in [0.29, 0.717) is 55.7 Å². The molecule has 41 heavy (non-hydrogen) atoms. The minimum Gasteiger partial charge on any atom is -0.468 e. The zero-order chi connectivity index (χ0) is 30.1. The molecule has 1 N–H and O–H groups in total. The second-order valence-corrected chi connectivity index (χ2v) is 17.4. The van der Waals surface area contributed by atoms with Crippen LogP contribution in [-0.2, 0) is 4.74 Å². The van der Waals surface area contributed by atoms with Gasteiger partial charge in [-0.3, -0.25) is 0 Å². The molecule has 218 valence electrons. The summed E-state index contributed by atoms with van der Waals surface area (Å²) in [6, 6.07) is 6.64. The van der Waals surface area contributed by atoms with Gasteiger partial charge in [0.15, 0.2) is 12.4 Å². The molecule has 2 aromatic carbocycles. The van der Waals surface area contributed by atoms with Gasteiger partial charge in [-0.05, 0) is 54.1 Å². The van der Waals surface area contributed by atoms with Gasteiger partial charge in [-0.2, -0.15) is 0 Å². The quantitative estimate of drug-likeness (QED) is 0.128. The number of rotatable bonds is 9. The Bertz CT molecular complexity index is 1580. The summed E-state index contributed by atoms with van der Waals surface area (Å²) in [5.74, 6) is 3.78. The van der Waals surface area contributed by atoms with Crippen molar-refractivity contribution in [1.29, 1.82) is 0 Å². The molecule has 1 atom stereocenters. The van der Waals surface area contributed by atoms with Gasteiger partial charge in [-0.1, -0.05) is 53.5 Å². The van der Waals surface area contributed by atoms with Crippen molar-refractivity contribution in [2.24, 2.45) is 0 Å². The first-order valence-electron chi connectivity index (χ1n) is 14.2. The van der Waals surface area contributed by atoms with Crippen molar-refractivity contribution in [3.63, 3.8) is 0 Å². The highest BCUT2D eigenvalue weighted by Crippen LogP contribution is 2.42. The van der Waals surface area contributed by atoms with Gasteiger partial charge in [-0.15, -0.1) is 5.54 Å². The molecule has 0 amide bonds. The van der Waals surface area contributed by atoms with E-state index < -0.39 is 20.0 Å². The molecule has 0 aliphatic heterocycles. The van der Waals surface area contributed by atoms with Crippen molar-refractivity contribution in [1.82, 2.24) is 19.5 Å². The van der Waals surface area contributed by atoms with Gasteiger partial charge in [0.05, 0.1) is 11.8 Å². The van der Waals surface area contributed by atoms with Crippen LogP contribution >= 0.6 is 0 Å². The lowest BCUT2D eigenvalue weighted by atomic mass is 9.95. The molecule has 0 saturated carbocycles. The molecule has 0 aliphatic carbocycles. The first kappa shape index (κ1) is 30.6. The van der Waals surface area contributed by atoms with Crippen molar-refractivity contribution in [2.75, 3.05) is 13.9 Å². The Morgan fingerprint density at radius 1 is 1.02 bits per heavy atom. The molecule has 0 aliphatic rings. The number of ether oxygens (including phenoxy) is 2. The van der Waals surface area contributed by atoms with Crippen LogP contribution in [0.25, 0.3) is 21.9 Å². The summed E-state index contributed by atoms with van der Waals surface area (Å²) in [7, 11) is -0.625. The molecule has 4 aromatic rings. The number of halogens is 1. The first-order valence-corrected chi connectivity index (χ1v) is 16.4. The Balaban J connectivity index is 2.05. The minimum atomic E-state index is -2.17. The third kappa shape index (κ3) is 5.61. The number of methoxy groups -OCH3 is 1. The molecule has 0 bridgehead atoms. The Labute approximate surface area is 243 Å². The number of hydrogen-bond donors (Lipinski definition) is 1. The maximum Gasteiger partial charge on any atom is 0.188 e. The molecule has 2 heterocycles. The third-order valence-electron chi connectivity index (χ3n) is 8.14. The van der Waals surface area contributed by atoms with Crippen LogP contribution in [0, 0.1) is 17.3 Å². The highest BCUT2D eigenvalue weighted by molar-refractivity contribution is 6.90. The zero-order valence-corrected chi connectivity index (χ0v) is 26.5. The average molecular weight is 577 g/mol. The molecule has 1 unspecified atom stereocenters. The highest BCUT2D eigenvalue weighted by atomic mass is 28.3. The van der Waals surface area contributed by atoms with Crippen molar-refractivity contribution >= 4 is 30.0 Å². The van der Waals surface area contributed by atoms with E-state index in [0.717, 1.165) is 0 Å². The molecule has 0 spiro atoms. The second-order valence-electron chi connectivity index (χ2n) is 11.8. The number of imidazole rings is 1. The van der Waals surface area contributed by atoms with Crippen LogP contribution in [0.3, 0.4) is 0 Å². The maximum absolute atomic E-state index is 15.8. The Morgan fingerprint density at radius 3 is 2.32 bits per heavy atom. The monoisotopic (exact) mass is 576 g/mol.